The topological polar surface area (TPSA) is 23.6 Å². The highest BCUT2D eigenvalue weighted by Gasteiger charge is 2.20. The van der Waals surface area contributed by atoms with Crippen LogP contribution >= 0.6 is 0 Å². The van der Waals surface area contributed by atoms with Gasteiger partial charge in [0.1, 0.15) is 0 Å². The minimum Gasteiger partial charge on any atom is -0.337 e. The summed E-state index contributed by atoms with van der Waals surface area (Å²) < 4.78 is 0. The smallest absolute Gasteiger partial charge is 0.253 e. The van der Waals surface area contributed by atoms with Gasteiger partial charge in [0.25, 0.3) is 5.91 Å². The lowest BCUT2D eigenvalue weighted by Gasteiger charge is -2.22. The van der Waals surface area contributed by atoms with Crippen molar-refractivity contribution in [1.82, 2.24) is 9.80 Å². The number of nitrogens with zero attached hydrogens (tertiary/aromatic N) is 2. The van der Waals surface area contributed by atoms with Gasteiger partial charge in [-0.25, -0.2) is 0 Å². The molecule has 3 heteroatoms. The van der Waals surface area contributed by atoms with Crippen LogP contribution in [0.2, 0.25) is 0 Å². The molecular formula is C21H26N2O. The predicted molar refractivity (Wildman–Crippen MR) is 98.2 cm³/mol. The van der Waals surface area contributed by atoms with Crippen LogP contribution in [0.5, 0.6) is 0 Å². The number of amides is 1. The van der Waals surface area contributed by atoms with Gasteiger partial charge in [-0.05, 0) is 38.0 Å². The van der Waals surface area contributed by atoms with Gasteiger partial charge >= 0.3 is 0 Å². The Labute approximate surface area is 144 Å². The molecule has 1 aliphatic heterocycles. The zero-order valence-electron chi connectivity index (χ0n) is 14.7. The minimum absolute atomic E-state index is 0.159. The van der Waals surface area contributed by atoms with E-state index in [1.807, 2.05) is 36.1 Å². The Balaban J connectivity index is 1.59. The highest BCUT2D eigenvalue weighted by atomic mass is 16.2. The summed E-state index contributed by atoms with van der Waals surface area (Å²) in [6, 6.07) is 16.6. The molecule has 1 amide bonds. The molecule has 3 rings (SSSR count). The minimum atomic E-state index is 0.159. The fourth-order valence-electron chi connectivity index (χ4n) is 3.16. The van der Waals surface area contributed by atoms with Crippen LogP contribution in [0.15, 0.2) is 48.5 Å². The lowest BCUT2D eigenvalue weighted by Crippen LogP contribution is -2.35. The predicted octanol–water partition coefficient (Wildman–Crippen LogP) is 3.65. The van der Waals surface area contributed by atoms with Crippen molar-refractivity contribution >= 4 is 5.91 Å². The molecule has 24 heavy (non-hydrogen) atoms. The van der Waals surface area contributed by atoms with Crippen LogP contribution in [0.1, 0.15) is 33.5 Å². The maximum Gasteiger partial charge on any atom is 0.253 e. The lowest BCUT2D eigenvalue weighted by atomic mass is 10.1. The van der Waals surface area contributed by atoms with Crippen molar-refractivity contribution in [2.24, 2.45) is 0 Å². The van der Waals surface area contributed by atoms with Crippen molar-refractivity contribution < 1.29 is 4.79 Å². The van der Waals surface area contributed by atoms with E-state index < -0.39 is 0 Å². The van der Waals surface area contributed by atoms with E-state index >= 15 is 0 Å². The lowest BCUT2D eigenvalue weighted by molar-refractivity contribution is 0.0761. The van der Waals surface area contributed by atoms with Gasteiger partial charge in [0.15, 0.2) is 0 Å². The Kier molecular flexibility index (Phi) is 5.31. The molecule has 1 saturated heterocycles. The van der Waals surface area contributed by atoms with Crippen molar-refractivity contribution in [1.29, 1.82) is 0 Å². The van der Waals surface area contributed by atoms with Gasteiger partial charge in [-0.1, -0.05) is 47.5 Å². The molecule has 2 aromatic rings. The summed E-state index contributed by atoms with van der Waals surface area (Å²) in [6.07, 6.45) is 1.03. The molecule has 0 aromatic heterocycles. The molecule has 0 spiro atoms. The summed E-state index contributed by atoms with van der Waals surface area (Å²) in [6.45, 7) is 8.76. The van der Waals surface area contributed by atoms with Crippen LogP contribution in [-0.4, -0.2) is 41.9 Å². The molecule has 1 fully saturated rings. The normalized spacial score (nSPS) is 16.0. The zero-order valence-corrected chi connectivity index (χ0v) is 14.7. The van der Waals surface area contributed by atoms with Crippen molar-refractivity contribution in [2.45, 2.75) is 26.8 Å². The summed E-state index contributed by atoms with van der Waals surface area (Å²) in [5.74, 6) is 0.159. The average molecular weight is 322 g/mol. The van der Waals surface area contributed by atoms with Gasteiger partial charge in [0.05, 0.1) is 0 Å². The number of rotatable bonds is 3. The molecule has 0 unspecified atom stereocenters. The van der Waals surface area contributed by atoms with Crippen molar-refractivity contribution in [3.05, 3.63) is 70.8 Å². The van der Waals surface area contributed by atoms with E-state index in [0.29, 0.717) is 0 Å². The molecule has 0 N–H and O–H groups in total. The SMILES string of the molecule is Cc1ccc(CN2CCCN(C(=O)c3ccc(C)cc3)CC2)cc1. The van der Waals surface area contributed by atoms with E-state index in [9.17, 15) is 4.79 Å². The molecule has 3 nitrogen and oxygen atoms in total. The number of benzene rings is 2. The molecule has 1 heterocycles. The van der Waals surface area contributed by atoms with Crippen LogP contribution in [0.3, 0.4) is 0 Å². The molecule has 0 bridgehead atoms. The quantitative estimate of drug-likeness (QED) is 0.861. The Morgan fingerprint density at radius 3 is 2.12 bits per heavy atom. The van der Waals surface area contributed by atoms with Gasteiger partial charge in [-0.15, -0.1) is 0 Å². The van der Waals surface area contributed by atoms with Gasteiger partial charge in [-0.2, -0.15) is 0 Å². The standard InChI is InChI=1S/C21H26N2O/c1-17-4-8-19(9-5-17)16-22-12-3-13-23(15-14-22)21(24)20-10-6-18(2)7-11-20/h4-11H,3,12-16H2,1-2H3. The van der Waals surface area contributed by atoms with Crippen molar-refractivity contribution in [2.75, 3.05) is 26.2 Å². The fraction of sp³-hybridized carbons (Fsp3) is 0.381. The van der Waals surface area contributed by atoms with Gasteiger partial charge in [0.2, 0.25) is 0 Å². The third kappa shape index (κ3) is 4.24. The second-order valence-electron chi connectivity index (χ2n) is 6.77. The largest absolute Gasteiger partial charge is 0.337 e. The van der Waals surface area contributed by atoms with Crippen LogP contribution in [0.4, 0.5) is 0 Å². The molecule has 0 radical (unpaired) electrons. The Morgan fingerprint density at radius 1 is 0.833 bits per heavy atom. The first-order valence-corrected chi connectivity index (χ1v) is 8.76. The highest BCUT2D eigenvalue weighted by Crippen LogP contribution is 2.13. The Morgan fingerprint density at radius 2 is 1.46 bits per heavy atom. The van der Waals surface area contributed by atoms with Crippen LogP contribution in [0, 0.1) is 13.8 Å². The van der Waals surface area contributed by atoms with Crippen molar-refractivity contribution in [3.8, 4) is 0 Å². The number of carbonyl (C=O) groups is 1. The van der Waals surface area contributed by atoms with E-state index in [-0.39, 0.29) is 5.91 Å². The summed E-state index contributed by atoms with van der Waals surface area (Å²) in [7, 11) is 0. The first-order chi connectivity index (χ1) is 11.6. The molecule has 0 aliphatic carbocycles. The highest BCUT2D eigenvalue weighted by molar-refractivity contribution is 5.94. The Bertz CT molecular complexity index is 676. The third-order valence-electron chi connectivity index (χ3n) is 4.70. The monoisotopic (exact) mass is 322 g/mol. The maximum absolute atomic E-state index is 12.7. The first kappa shape index (κ1) is 16.7. The summed E-state index contributed by atoms with van der Waals surface area (Å²) in [4.78, 5) is 17.1. The van der Waals surface area contributed by atoms with Crippen LogP contribution < -0.4 is 0 Å². The first-order valence-electron chi connectivity index (χ1n) is 8.76. The molecule has 1 aliphatic rings. The van der Waals surface area contributed by atoms with E-state index in [1.54, 1.807) is 0 Å². The molecule has 2 aromatic carbocycles. The number of hydrogen-bond acceptors (Lipinski definition) is 2. The van der Waals surface area contributed by atoms with E-state index in [0.717, 1.165) is 44.7 Å². The molecular weight excluding hydrogens is 296 g/mol. The van der Waals surface area contributed by atoms with E-state index in [4.69, 9.17) is 0 Å². The summed E-state index contributed by atoms with van der Waals surface area (Å²) in [5, 5.41) is 0. The molecule has 126 valence electrons. The second-order valence-corrected chi connectivity index (χ2v) is 6.77. The third-order valence-corrected chi connectivity index (χ3v) is 4.70. The van der Waals surface area contributed by atoms with E-state index in [2.05, 4.69) is 36.1 Å². The average Bonchev–Trinajstić information content (AvgIpc) is 2.83. The second kappa shape index (κ2) is 7.63. The number of aryl methyl sites for hydroxylation is 2. The zero-order chi connectivity index (χ0) is 16.9. The Hall–Kier alpha value is -2.13. The van der Waals surface area contributed by atoms with Crippen LogP contribution in [-0.2, 0) is 6.54 Å². The fourth-order valence-corrected chi connectivity index (χ4v) is 3.16. The summed E-state index contributed by atoms with van der Waals surface area (Å²) >= 11 is 0. The number of carbonyl (C=O) groups excluding carboxylic acids is 1. The summed E-state index contributed by atoms with van der Waals surface area (Å²) in [5.41, 5.74) is 4.63. The van der Waals surface area contributed by atoms with Gasteiger partial charge in [0, 0.05) is 38.3 Å². The number of hydrogen-bond donors (Lipinski definition) is 0. The van der Waals surface area contributed by atoms with Crippen LogP contribution in [0.25, 0.3) is 0 Å². The maximum atomic E-state index is 12.7. The molecule has 0 atom stereocenters. The van der Waals surface area contributed by atoms with E-state index in [1.165, 1.54) is 16.7 Å². The van der Waals surface area contributed by atoms with Crippen molar-refractivity contribution in [3.63, 3.8) is 0 Å². The molecule has 0 saturated carbocycles. The van der Waals surface area contributed by atoms with Gasteiger partial charge in [-0.3, -0.25) is 9.69 Å². The van der Waals surface area contributed by atoms with Gasteiger partial charge < -0.3 is 4.90 Å².